The number of rotatable bonds is 1. The van der Waals surface area contributed by atoms with Crippen molar-refractivity contribution in [2.24, 2.45) is 0 Å². The third kappa shape index (κ3) is 1.44. The largest absolute Gasteiger partial charge is 0.472 e. The maximum atomic E-state index is 11.0. The molecule has 0 spiro atoms. The minimum absolute atomic E-state index is 0.228. The fourth-order valence-electron chi connectivity index (χ4n) is 1.01. The summed E-state index contributed by atoms with van der Waals surface area (Å²) in [4.78, 5) is 21.7. The predicted molar refractivity (Wildman–Crippen MR) is 43.4 cm³/mol. The van der Waals surface area contributed by atoms with E-state index < -0.39 is 11.9 Å². The second kappa shape index (κ2) is 2.78. The Labute approximate surface area is 73.4 Å². The fourth-order valence-corrected chi connectivity index (χ4v) is 1.01. The number of carbonyl (C=O) groups excluding carboxylic acids is 2. The third-order valence-electron chi connectivity index (χ3n) is 1.57. The summed E-state index contributed by atoms with van der Waals surface area (Å²) in [5.74, 6) is -0.425. The van der Waals surface area contributed by atoms with Crippen molar-refractivity contribution in [3.8, 4) is 0 Å². The first kappa shape index (κ1) is 7.60. The van der Waals surface area contributed by atoms with Crippen LogP contribution < -0.4 is 10.6 Å². The SMILES string of the molecule is O=C1NC(=O)/C(=C\c2ccoc2)N1. The van der Waals surface area contributed by atoms with Crippen molar-refractivity contribution in [3.63, 3.8) is 0 Å². The van der Waals surface area contributed by atoms with Crippen molar-refractivity contribution in [3.05, 3.63) is 29.9 Å². The zero-order chi connectivity index (χ0) is 9.26. The lowest BCUT2D eigenvalue weighted by Crippen LogP contribution is -2.22. The van der Waals surface area contributed by atoms with E-state index in [1.165, 1.54) is 18.6 Å². The zero-order valence-corrected chi connectivity index (χ0v) is 6.53. The van der Waals surface area contributed by atoms with Gasteiger partial charge in [0.25, 0.3) is 5.91 Å². The van der Waals surface area contributed by atoms with Gasteiger partial charge in [-0.05, 0) is 12.1 Å². The molecular formula is C8H6N2O3. The Kier molecular flexibility index (Phi) is 1.63. The Morgan fingerprint density at radius 2 is 2.15 bits per heavy atom. The topological polar surface area (TPSA) is 71.3 Å². The first-order chi connectivity index (χ1) is 6.25. The van der Waals surface area contributed by atoms with Crippen molar-refractivity contribution in [2.45, 2.75) is 0 Å². The molecule has 1 aliphatic heterocycles. The Bertz CT molecular complexity index is 378. The summed E-state index contributed by atoms with van der Waals surface area (Å²) in [7, 11) is 0. The molecule has 0 saturated carbocycles. The van der Waals surface area contributed by atoms with Crippen molar-refractivity contribution in [2.75, 3.05) is 0 Å². The van der Waals surface area contributed by atoms with Crippen molar-refractivity contribution in [1.29, 1.82) is 0 Å². The molecule has 0 unspecified atom stereocenters. The van der Waals surface area contributed by atoms with Gasteiger partial charge in [0.15, 0.2) is 0 Å². The number of carbonyl (C=O) groups is 2. The number of hydrogen-bond donors (Lipinski definition) is 2. The van der Waals surface area contributed by atoms with Crippen LogP contribution in [0.4, 0.5) is 4.79 Å². The molecule has 2 N–H and O–H groups in total. The van der Waals surface area contributed by atoms with Crippen LogP contribution in [0, 0.1) is 0 Å². The molecule has 0 aliphatic carbocycles. The highest BCUT2D eigenvalue weighted by Crippen LogP contribution is 2.07. The van der Waals surface area contributed by atoms with E-state index in [9.17, 15) is 9.59 Å². The standard InChI is InChI=1S/C8H6N2O3/c11-7-6(9-8(12)10-7)3-5-1-2-13-4-5/h1-4H,(H2,9,10,11,12)/b6-3+. The van der Waals surface area contributed by atoms with Gasteiger partial charge in [0.05, 0.1) is 12.5 Å². The molecule has 1 aliphatic rings. The van der Waals surface area contributed by atoms with E-state index in [0.717, 1.165) is 5.56 Å². The molecule has 2 heterocycles. The summed E-state index contributed by atoms with van der Waals surface area (Å²) in [6, 6.07) is 1.19. The monoisotopic (exact) mass is 178 g/mol. The van der Waals surface area contributed by atoms with Crippen molar-refractivity contribution >= 4 is 18.0 Å². The average Bonchev–Trinajstić information content (AvgIpc) is 2.63. The lowest BCUT2D eigenvalue weighted by atomic mass is 10.3. The van der Waals surface area contributed by atoms with Gasteiger partial charge in [0.2, 0.25) is 0 Å². The van der Waals surface area contributed by atoms with Crippen molar-refractivity contribution in [1.82, 2.24) is 10.6 Å². The summed E-state index contributed by atoms with van der Waals surface area (Å²) in [6.07, 6.45) is 4.50. The van der Waals surface area contributed by atoms with Gasteiger partial charge in [0.1, 0.15) is 5.70 Å². The zero-order valence-electron chi connectivity index (χ0n) is 6.53. The van der Waals surface area contributed by atoms with E-state index in [1.807, 2.05) is 0 Å². The highest BCUT2D eigenvalue weighted by atomic mass is 16.3. The molecule has 3 amide bonds. The van der Waals surface area contributed by atoms with Crippen LogP contribution in [0.15, 0.2) is 28.7 Å². The number of amides is 3. The molecule has 1 fully saturated rings. The van der Waals surface area contributed by atoms with Crippen LogP contribution in [-0.2, 0) is 4.79 Å². The van der Waals surface area contributed by atoms with Crippen molar-refractivity contribution < 1.29 is 14.0 Å². The molecule has 0 aromatic carbocycles. The summed E-state index contributed by atoms with van der Waals surface area (Å²) in [5.41, 5.74) is 0.957. The van der Waals surface area contributed by atoms with E-state index >= 15 is 0 Å². The smallest absolute Gasteiger partial charge is 0.326 e. The van der Waals surface area contributed by atoms with Gasteiger partial charge in [-0.2, -0.15) is 0 Å². The molecule has 13 heavy (non-hydrogen) atoms. The van der Waals surface area contributed by atoms with Gasteiger partial charge in [-0.25, -0.2) is 4.79 Å². The number of nitrogens with one attached hydrogen (secondary N) is 2. The molecule has 2 rings (SSSR count). The van der Waals surface area contributed by atoms with E-state index in [0.29, 0.717) is 0 Å². The summed E-state index contributed by atoms with van der Waals surface area (Å²) in [5, 5.41) is 4.45. The fraction of sp³-hybridized carbons (Fsp3) is 0. The molecule has 5 nitrogen and oxygen atoms in total. The minimum atomic E-state index is -0.500. The van der Waals surface area contributed by atoms with Crippen LogP contribution in [0.1, 0.15) is 5.56 Å². The van der Waals surface area contributed by atoms with E-state index in [-0.39, 0.29) is 5.70 Å². The molecule has 1 aromatic rings. The average molecular weight is 178 g/mol. The maximum absolute atomic E-state index is 11.0. The Morgan fingerprint density at radius 3 is 2.69 bits per heavy atom. The van der Waals surface area contributed by atoms with Gasteiger partial charge in [0, 0.05) is 5.56 Å². The van der Waals surface area contributed by atoms with Crippen LogP contribution in [-0.4, -0.2) is 11.9 Å². The third-order valence-corrected chi connectivity index (χ3v) is 1.57. The van der Waals surface area contributed by atoms with E-state index in [1.54, 1.807) is 6.07 Å². The quantitative estimate of drug-likeness (QED) is 0.484. The molecule has 0 bridgehead atoms. The Balaban J connectivity index is 2.27. The van der Waals surface area contributed by atoms with Gasteiger partial charge in [-0.3, -0.25) is 10.1 Å². The molecular weight excluding hydrogens is 172 g/mol. The first-order valence-electron chi connectivity index (χ1n) is 3.62. The van der Waals surface area contributed by atoms with Crippen LogP contribution in [0.25, 0.3) is 6.08 Å². The summed E-state index contributed by atoms with van der Waals surface area (Å²) in [6.45, 7) is 0. The summed E-state index contributed by atoms with van der Waals surface area (Å²) >= 11 is 0. The van der Waals surface area contributed by atoms with Crippen LogP contribution in [0.5, 0.6) is 0 Å². The highest BCUT2D eigenvalue weighted by Gasteiger charge is 2.22. The van der Waals surface area contributed by atoms with Gasteiger partial charge in [-0.15, -0.1) is 0 Å². The van der Waals surface area contributed by atoms with E-state index in [4.69, 9.17) is 4.42 Å². The number of urea groups is 1. The van der Waals surface area contributed by atoms with Gasteiger partial charge in [-0.1, -0.05) is 0 Å². The number of furan rings is 1. The Morgan fingerprint density at radius 1 is 1.31 bits per heavy atom. The molecule has 1 aromatic heterocycles. The van der Waals surface area contributed by atoms with Gasteiger partial charge >= 0.3 is 6.03 Å². The second-order valence-corrected chi connectivity index (χ2v) is 2.52. The molecule has 5 heteroatoms. The molecule has 1 saturated heterocycles. The van der Waals surface area contributed by atoms with E-state index in [2.05, 4.69) is 10.6 Å². The van der Waals surface area contributed by atoms with Crippen LogP contribution in [0.2, 0.25) is 0 Å². The second-order valence-electron chi connectivity index (χ2n) is 2.52. The lowest BCUT2D eigenvalue weighted by molar-refractivity contribution is -0.115. The van der Waals surface area contributed by atoms with Crippen LogP contribution >= 0.6 is 0 Å². The first-order valence-corrected chi connectivity index (χ1v) is 3.62. The molecule has 0 radical (unpaired) electrons. The Hall–Kier alpha value is -2.04. The minimum Gasteiger partial charge on any atom is -0.472 e. The number of hydrogen-bond acceptors (Lipinski definition) is 3. The predicted octanol–water partition coefficient (Wildman–Crippen LogP) is 0.460. The molecule has 66 valence electrons. The lowest BCUT2D eigenvalue weighted by Gasteiger charge is -1.89. The normalized spacial score (nSPS) is 18.9. The maximum Gasteiger partial charge on any atom is 0.326 e. The van der Waals surface area contributed by atoms with Gasteiger partial charge < -0.3 is 9.73 Å². The number of imide groups is 1. The summed E-state index contributed by atoms with van der Waals surface area (Å²) < 4.78 is 4.80. The van der Waals surface area contributed by atoms with Crippen LogP contribution in [0.3, 0.4) is 0 Å². The molecule has 0 atom stereocenters. The highest BCUT2D eigenvalue weighted by molar-refractivity contribution is 6.13.